The van der Waals surface area contributed by atoms with Crippen molar-refractivity contribution >= 4 is 11.9 Å². The van der Waals surface area contributed by atoms with E-state index in [1.807, 2.05) is 0 Å². The van der Waals surface area contributed by atoms with E-state index in [2.05, 4.69) is 10.4 Å². The summed E-state index contributed by atoms with van der Waals surface area (Å²) in [6.07, 6.45) is 2.89. The number of phenolic OH excluding ortho intramolecular Hbond substituents is 1. The van der Waals surface area contributed by atoms with Gasteiger partial charge in [-0.1, -0.05) is 6.07 Å². The van der Waals surface area contributed by atoms with Gasteiger partial charge in [0.1, 0.15) is 5.75 Å². The molecule has 0 radical (unpaired) electrons. The van der Waals surface area contributed by atoms with Crippen LogP contribution < -0.4 is 5.32 Å². The van der Waals surface area contributed by atoms with E-state index in [4.69, 9.17) is 0 Å². The van der Waals surface area contributed by atoms with Gasteiger partial charge in [0, 0.05) is 24.4 Å². The highest BCUT2D eigenvalue weighted by molar-refractivity contribution is 5.97. The third-order valence-corrected chi connectivity index (χ3v) is 2.69. The summed E-state index contributed by atoms with van der Waals surface area (Å²) in [5.41, 5.74) is 0.550. The van der Waals surface area contributed by atoms with Crippen molar-refractivity contribution in [1.29, 1.82) is 0 Å². The Morgan fingerprint density at radius 1 is 1.40 bits per heavy atom. The minimum atomic E-state index is -1.20. The number of hydrogen-bond acceptors (Lipinski definition) is 4. The van der Waals surface area contributed by atoms with E-state index in [0.717, 1.165) is 0 Å². The van der Waals surface area contributed by atoms with Crippen LogP contribution in [0.25, 0.3) is 0 Å². The number of amides is 1. The van der Waals surface area contributed by atoms with Crippen molar-refractivity contribution in [3.63, 3.8) is 0 Å². The highest BCUT2D eigenvalue weighted by atomic mass is 16.4. The standard InChI is InChI=1S/C13H13N3O4/c1-16-7-9(6-14-16)11(13(19)20)15-12(18)8-3-2-4-10(17)5-8/h2-7,11,17H,1H3,(H,15,18)(H,19,20). The number of aromatic nitrogens is 2. The number of nitrogens with one attached hydrogen (secondary N) is 1. The number of carbonyl (C=O) groups excluding carboxylic acids is 1. The predicted octanol–water partition coefficient (Wildman–Crippen LogP) is 0.681. The lowest BCUT2D eigenvalue weighted by Crippen LogP contribution is -2.33. The molecule has 0 saturated heterocycles. The SMILES string of the molecule is Cn1cc(C(NC(=O)c2cccc(O)c2)C(=O)O)cn1. The Hall–Kier alpha value is -2.83. The highest BCUT2D eigenvalue weighted by Gasteiger charge is 2.24. The quantitative estimate of drug-likeness (QED) is 0.761. The molecular weight excluding hydrogens is 262 g/mol. The maximum Gasteiger partial charge on any atom is 0.331 e. The number of aliphatic carboxylic acids is 1. The summed E-state index contributed by atoms with van der Waals surface area (Å²) in [5.74, 6) is -1.84. The van der Waals surface area contributed by atoms with Crippen LogP contribution in [0.2, 0.25) is 0 Å². The summed E-state index contributed by atoms with van der Waals surface area (Å²) in [4.78, 5) is 23.2. The molecule has 0 aliphatic carbocycles. The molecular formula is C13H13N3O4. The fourth-order valence-corrected chi connectivity index (χ4v) is 1.74. The first-order valence-corrected chi connectivity index (χ1v) is 5.78. The average molecular weight is 275 g/mol. The van der Waals surface area contributed by atoms with E-state index in [1.54, 1.807) is 7.05 Å². The molecule has 1 aromatic heterocycles. The molecule has 0 spiro atoms. The Bertz CT molecular complexity index is 651. The minimum absolute atomic E-state index is 0.0640. The Balaban J connectivity index is 2.21. The number of phenols is 1. The zero-order chi connectivity index (χ0) is 14.7. The molecule has 0 aliphatic rings. The second-order valence-corrected chi connectivity index (χ2v) is 4.24. The largest absolute Gasteiger partial charge is 0.508 e. The Labute approximate surface area is 114 Å². The second kappa shape index (κ2) is 5.43. The maximum atomic E-state index is 12.0. The zero-order valence-corrected chi connectivity index (χ0v) is 10.6. The molecule has 0 fully saturated rings. The summed E-state index contributed by atoms with van der Waals surface area (Å²) >= 11 is 0. The van der Waals surface area contributed by atoms with E-state index in [9.17, 15) is 19.8 Å². The molecule has 1 amide bonds. The van der Waals surface area contributed by atoms with Gasteiger partial charge in [0.05, 0.1) is 6.20 Å². The van der Waals surface area contributed by atoms with Crippen LogP contribution in [-0.4, -0.2) is 31.9 Å². The van der Waals surface area contributed by atoms with Crippen molar-refractivity contribution in [2.24, 2.45) is 7.05 Å². The van der Waals surface area contributed by atoms with Gasteiger partial charge in [-0.3, -0.25) is 9.48 Å². The van der Waals surface area contributed by atoms with Gasteiger partial charge < -0.3 is 15.5 Å². The van der Waals surface area contributed by atoms with Gasteiger partial charge in [0.25, 0.3) is 5.91 Å². The minimum Gasteiger partial charge on any atom is -0.508 e. The van der Waals surface area contributed by atoms with Crippen LogP contribution in [0, 0.1) is 0 Å². The summed E-state index contributed by atoms with van der Waals surface area (Å²) in [7, 11) is 1.65. The zero-order valence-electron chi connectivity index (χ0n) is 10.6. The fourth-order valence-electron chi connectivity index (χ4n) is 1.74. The van der Waals surface area contributed by atoms with Gasteiger partial charge in [0.15, 0.2) is 6.04 Å². The number of nitrogens with zero attached hydrogens (tertiary/aromatic N) is 2. The van der Waals surface area contributed by atoms with E-state index >= 15 is 0 Å². The average Bonchev–Trinajstić information content (AvgIpc) is 2.81. The van der Waals surface area contributed by atoms with Crippen LogP contribution in [0.3, 0.4) is 0 Å². The van der Waals surface area contributed by atoms with Gasteiger partial charge >= 0.3 is 5.97 Å². The number of carboxylic acids is 1. The Morgan fingerprint density at radius 3 is 2.70 bits per heavy atom. The highest BCUT2D eigenvalue weighted by Crippen LogP contribution is 2.15. The first-order valence-electron chi connectivity index (χ1n) is 5.78. The molecule has 0 bridgehead atoms. The van der Waals surface area contributed by atoms with Crippen LogP contribution in [0.15, 0.2) is 36.7 Å². The van der Waals surface area contributed by atoms with Crippen molar-refractivity contribution in [1.82, 2.24) is 15.1 Å². The van der Waals surface area contributed by atoms with Crippen LogP contribution >= 0.6 is 0 Å². The predicted molar refractivity (Wildman–Crippen MR) is 69.2 cm³/mol. The van der Waals surface area contributed by atoms with E-state index < -0.39 is 17.9 Å². The summed E-state index contributed by atoms with van der Waals surface area (Å²) < 4.78 is 1.45. The molecule has 3 N–H and O–H groups in total. The third-order valence-electron chi connectivity index (χ3n) is 2.69. The molecule has 7 nitrogen and oxygen atoms in total. The Kier molecular flexibility index (Phi) is 3.69. The van der Waals surface area contributed by atoms with Crippen molar-refractivity contribution in [2.45, 2.75) is 6.04 Å². The van der Waals surface area contributed by atoms with Crippen LogP contribution in [0.1, 0.15) is 22.0 Å². The molecule has 1 aromatic carbocycles. The molecule has 0 aliphatic heterocycles. The molecule has 0 saturated carbocycles. The third kappa shape index (κ3) is 2.94. The maximum absolute atomic E-state index is 12.0. The first-order chi connectivity index (χ1) is 9.47. The van der Waals surface area contributed by atoms with E-state index in [0.29, 0.717) is 5.56 Å². The van der Waals surface area contributed by atoms with Gasteiger partial charge in [-0.05, 0) is 18.2 Å². The summed E-state index contributed by atoms with van der Waals surface area (Å²) in [5, 5.41) is 24.8. The number of aryl methyl sites for hydroxylation is 1. The first kappa shape index (κ1) is 13.6. The number of carboxylic acid groups (broad SMARTS) is 1. The molecule has 7 heteroatoms. The topological polar surface area (TPSA) is 104 Å². The number of hydrogen-bond donors (Lipinski definition) is 3. The molecule has 1 atom stereocenters. The molecule has 1 unspecified atom stereocenters. The van der Waals surface area contributed by atoms with Crippen molar-refractivity contribution in [3.8, 4) is 5.75 Å². The van der Waals surface area contributed by atoms with Crippen molar-refractivity contribution < 1.29 is 19.8 Å². The number of rotatable bonds is 4. The van der Waals surface area contributed by atoms with Gasteiger partial charge in [0.2, 0.25) is 0 Å². The molecule has 2 aromatic rings. The molecule has 2 rings (SSSR count). The van der Waals surface area contributed by atoms with Crippen LogP contribution in [0.4, 0.5) is 0 Å². The van der Waals surface area contributed by atoms with E-state index in [-0.39, 0.29) is 11.3 Å². The monoisotopic (exact) mass is 275 g/mol. The number of carbonyl (C=O) groups is 2. The smallest absolute Gasteiger partial charge is 0.331 e. The normalized spacial score (nSPS) is 11.8. The number of aromatic hydroxyl groups is 1. The molecule has 1 heterocycles. The van der Waals surface area contributed by atoms with Gasteiger partial charge in [-0.2, -0.15) is 5.10 Å². The molecule has 104 valence electrons. The lowest BCUT2D eigenvalue weighted by atomic mass is 10.1. The molecule has 20 heavy (non-hydrogen) atoms. The van der Waals surface area contributed by atoms with E-state index in [1.165, 1.54) is 41.3 Å². The van der Waals surface area contributed by atoms with Crippen molar-refractivity contribution in [2.75, 3.05) is 0 Å². The second-order valence-electron chi connectivity index (χ2n) is 4.24. The fraction of sp³-hybridized carbons (Fsp3) is 0.154. The Morgan fingerprint density at radius 2 is 2.15 bits per heavy atom. The van der Waals surface area contributed by atoms with Crippen LogP contribution in [0.5, 0.6) is 5.75 Å². The van der Waals surface area contributed by atoms with Crippen LogP contribution in [-0.2, 0) is 11.8 Å². The summed E-state index contributed by atoms with van der Waals surface area (Å²) in [6, 6.07) is 4.48. The number of benzene rings is 1. The lowest BCUT2D eigenvalue weighted by Gasteiger charge is -2.13. The van der Waals surface area contributed by atoms with Gasteiger partial charge in [-0.25, -0.2) is 4.79 Å². The van der Waals surface area contributed by atoms with Gasteiger partial charge in [-0.15, -0.1) is 0 Å². The summed E-state index contributed by atoms with van der Waals surface area (Å²) in [6.45, 7) is 0. The van der Waals surface area contributed by atoms with Crippen molar-refractivity contribution in [3.05, 3.63) is 47.8 Å². The lowest BCUT2D eigenvalue weighted by molar-refractivity contribution is -0.139.